The number of hydrogen-bond acceptors (Lipinski definition) is 4. The quantitative estimate of drug-likeness (QED) is 0.667. The first kappa shape index (κ1) is 12.3. The van der Waals surface area contributed by atoms with Crippen molar-refractivity contribution in [2.45, 2.75) is 6.92 Å². The van der Waals surface area contributed by atoms with E-state index in [-0.39, 0.29) is 0 Å². The molecule has 0 atom stereocenters. The fourth-order valence-corrected chi connectivity index (χ4v) is 2.03. The number of hydrogen-bond donors (Lipinski definition) is 2. The van der Waals surface area contributed by atoms with Gasteiger partial charge in [-0.05, 0) is 6.92 Å². The number of nitrogens with zero attached hydrogens (tertiary/aromatic N) is 4. The van der Waals surface area contributed by atoms with Crippen LogP contribution in [0.4, 0.5) is 0 Å². The van der Waals surface area contributed by atoms with Gasteiger partial charge in [0, 0.05) is 29.7 Å². The summed E-state index contributed by atoms with van der Waals surface area (Å²) in [6.45, 7) is 9.70. The molecular weight excluding hydrogens is 252 g/mol. The number of aromatic amines is 2. The van der Waals surface area contributed by atoms with Gasteiger partial charge in [-0.15, -0.1) is 0 Å². The van der Waals surface area contributed by atoms with Crippen LogP contribution in [0.3, 0.4) is 0 Å². The molecule has 0 saturated carbocycles. The number of pyridine rings is 1. The molecule has 0 amide bonds. The first-order chi connectivity index (χ1) is 9.61. The molecule has 0 spiro atoms. The number of aromatic nitrogens is 5. The van der Waals surface area contributed by atoms with E-state index in [0.717, 1.165) is 27.5 Å². The predicted octanol–water partition coefficient (Wildman–Crippen LogP) is 0.607. The van der Waals surface area contributed by atoms with E-state index in [9.17, 15) is 0 Å². The highest BCUT2D eigenvalue weighted by atomic mass is 15.1. The predicted molar refractivity (Wildman–Crippen MR) is 79.9 cm³/mol. The van der Waals surface area contributed by atoms with Crippen LogP contribution in [0.5, 0.6) is 0 Å². The summed E-state index contributed by atoms with van der Waals surface area (Å²) in [7, 11) is 1.75. The normalized spacial score (nSPS) is 12.2. The Morgan fingerprint density at radius 2 is 2.10 bits per heavy atom. The summed E-state index contributed by atoms with van der Waals surface area (Å²) in [6, 6.07) is 0. The van der Waals surface area contributed by atoms with Crippen molar-refractivity contribution in [2.75, 3.05) is 7.05 Å². The molecule has 3 aromatic rings. The van der Waals surface area contributed by atoms with E-state index in [1.807, 2.05) is 6.92 Å². The van der Waals surface area contributed by atoms with E-state index in [1.54, 1.807) is 19.4 Å². The van der Waals surface area contributed by atoms with Crippen molar-refractivity contribution in [1.29, 1.82) is 0 Å². The van der Waals surface area contributed by atoms with Crippen molar-refractivity contribution in [1.82, 2.24) is 25.1 Å². The number of nitrogens with one attached hydrogen (secondary N) is 2. The van der Waals surface area contributed by atoms with Gasteiger partial charge in [-0.2, -0.15) is 5.10 Å². The van der Waals surface area contributed by atoms with Crippen molar-refractivity contribution < 1.29 is 0 Å². The van der Waals surface area contributed by atoms with Gasteiger partial charge in [0.05, 0.1) is 17.1 Å². The lowest BCUT2D eigenvalue weighted by Gasteiger charge is -1.98. The highest BCUT2D eigenvalue weighted by Crippen LogP contribution is 2.19. The van der Waals surface area contributed by atoms with Gasteiger partial charge in [0.25, 0.3) is 0 Å². The lowest BCUT2D eigenvalue weighted by Crippen LogP contribution is -2.19. The molecular formula is C14H14N6. The van der Waals surface area contributed by atoms with E-state index < -0.39 is 0 Å². The summed E-state index contributed by atoms with van der Waals surface area (Å²) in [5.74, 6) is 0.648. The fraction of sp³-hybridized carbons (Fsp3) is 0.143. The molecule has 100 valence electrons. The van der Waals surface area contributed by atoms with Gasteiger partial charge in [-0.25, -0.2) is 4.98 Å². The van der Waals surface area contributed by atoms with Crippen LogP contribution in [-0.4, -0.2) is 37.9 Å². The maximum absolute atomic E-state index is 4.60. The molecule has 0 fully saturated rings. The third kappa shape index (κ3) is 1.73. The Kier molecular flexibility index (Phi) is 2.71. The molecule has 2 N–H and O–H groups in total. The van der Waals surface area contributed by atoms with Crippen LogP contribution in [0.1, 0.15) is 12.5 Å². The Morgan fingerprint density at radius 1 is 1.30 bits per heavy atom. The molecule has 6 nitrogen and oxygen atoms in total. The largest absolute Gasteiger partial charge is 0.335 e. The second-order valence-electron chi connectivity index (χ2n) is 4.51. The van der Waals surface area contributed by atoms with Crippen LogP contribution in [0, 0.1) is 0 Å². The van der Waals surface area contributed by atoms with Crippen molar-refractivity contribution >= 4 is 29.9 Å². The molecule has 0 unspecified atom stereocenters. The van der Waals surface area contributed by atoms with Crippen molar-refractivity contribution in [3.63, 3.8) is 0 Å². The van der Waals surface area contributed by atoms with Gasteiger partial charge in [-0.3, -0.25) is 15.1 Å². The van der Waals surface area contributed by atoms with Gasteiger partial charge >= 0.3 is 0 Å². The monoisotopic (exact) mass is 266 g/mol. The van der Waals surface area contributed by atoms with Crippen LogP contribution < -0.4 is 10.6 Å². The molecule has 3 aromatic heterocycles. The first-order valence-electron chi connectivity index (χ1n) is 6.12. The Morgan fingerprint density at radius 3 is 2.75 bits per heavy atom. The average Bonchev–Trinajstić information content (AvgIpc) is 3.02. The Labute approximate surface area is 115 Å². The number of H-pyrrole nitrogens is 2. The summed E-state index contributed by atoms with van der Waals surface area (Å²) in [5.41, 5.74) is 4.13. The second kappa shape index (κ2) is 4.41. The smallest absolute Gasteiger partial charge is 0.159 e. The third-order valence-electron chi connectivity index (χ3n) is 3.30. The lowest BCUT2D eigenvalue weighted by atomic mass is 10.2. The van der Waals surface area contributed by atoms with E-state index in [4.69, 9.17) is 0 Å². The minimum atomic E-state index is 0.648. The van der Waals surface area contributed by atoms with Gasteiger partial charge in [0.1, 0.15) is 11.2 Å². The maximum atomic E-state index is 4.60. The standard InChI is InChI=1S/C14H14N6/c1-7-8(2)19-20-12(7)14-17-11-6-16-5-10(9(3)15-4)13(11)18-14/h5-6,19H,1-2H2,3-4H3,(H,17,18). The van der Waals surface area contributed by atoms with Crippen LogP contribution in [0.2, 0.25) is 0 Å². The number of rotatable bonds is 2. The Bertz CT molecular complexity index is 915. The summed E-state index contributed by atoms with van der Waals surface area (Å²) < 4.78 is 0. The van der Waals surface area contributed by atoms with Gasteiger partial charge in [-0.1, -0.05) is 13.2 Å². The van der Waals surface area contributed by atoms with Crippen LogP contribution in [0.15, 0.2) is 17.4 Å². The zero-order valence-corrected chi connectivity index (χ0v) is 11.4. The minimum Gasteiger partial charge on any atom is -0.335 e. The Balaban J connectivity index is 2.29. The highest BCUT2D eigenvalue weighted by molar-refractivity contribution is 6.07. The zero-order chi connectivity index (χ0) is 14.3. The zero-order valence-electron chi connectivity index (χ0n) is 11.4. The molecule has 0 aromatic carbocycles. The van der Waals surface area contributed by atoms with Crippen LogP contribution >= 0.6 is 0 Å². The van der Waals surface area contributed by atoms with E-state index >= 15 is 0 Å². The molecule has 3 heterocycles. The Hall–Kier alpha value is -2.76. The molecule has 0 aliphatic rings. The van der Waals surface area contributed by atoms with Crippen molar-refractivity contribution in [3.8, 4) is 11.5 Å². The molecule has 3 rings (SSSR count). The minimum absolute atomic E-state index is 0.648. The lowest BCUT2D eigenvalue weighted by molar-refractivity contribution is 1.06. The summed E-state index contributed by atoms with van der Waals surface area (Å²) in [6.07, 6.45) is 3.50. The topological polar surface area (TPSA) is 82.6 Å². The van der Waals surface area contributed by atoms with Crippen molar-refractivity contribution in [3.05, 3.63) is 28.5 Å². The molecule has 0 saturated heterocycles. The van der Waals surface area contributed by atoms with E-state index in [0.29, 0.717) is 16.9 Å². The molecule has 0 aliphatic carbocycles. The fourth-order valence-electron chi connectivity index (χ4n) is 2.03. The molecule has 0 bridgehead atoms. The molecule has 20 heavy (non-hydrogen) atoms. The van der Waals surface area contributed by atoms with Crippen molar-refractivity contribution in [2.24, 2.45) is 4.99 Å². The summed E-state index contributed by atoms with van der Waals surface area (Å²) in [5, 5.41) is 8.41. The SMILES string of the molecule is C=c1[nH]nc(-c2nc3c(C(C)=NC)cncc3[nH]2)c1=C. The van der Waals surface area contributed by atoms with Gasteiger partial charge in [0.15, 0.2) is 5.82 Å². The summed E-state index contributed by atoms with van der Waals surface area (Å²) >= 11 is 0. The first-order valence-corrected chi connectivity index (χ1v) is 6.12. The van der Waals surface area contributed by atoms with Gasteiger partial charge < -0.3 is 4.98 Å². The number of fused-ring (bicyclic) bond motifs is 1. The molecule has 0 radical (unpaired) electrons. The second-order valence-corrected chi connectivity index (χ2v) is 4.51. The maximum Gasteiger partial charge on any atom is 0.159 e. The summed E-state index contributed by atoms with van der Waals surface area (Å²) in [4.78, 5) is 16.2. The van der Waals surface area contributed by atoms with E-state index in [2.05, 4.69) is 43.3 Å². The molecule has 6 heteroatoms. The number of aliphatic imine (C=N–C) groups is 1. The third-order valence-corrected chi connectivity index (χ3v) is 3.30. The van der Waals surface area contributed by atoms with Crippen LogP contribution in [0.25, 0.3) is 35.7 Å². The van der Waals surface area contributed by atoms with Gasteiger partial charge in [0.2, 0.25) is 0 Å². The van der Waals surface area contributed by atoms with E-state index in [1.165, 1.54) is 0 Å². The number of imidazole rings is 1. The highest BCUT2D eigenvalue weighted by Gasteiger charge is 2.13. The average molecular weight is 266 g/mol. The van der Waals surface area contributed by atoms with Crippen LogP contribution in [-0.2, 0) is 0 Å². The molecule has 0 aliphatic heterocycles.